The number of ether oxygens (including phenoxy) is 1. The second kappa shape index (κ2) is 6.55. The number of rotatable bonds is 3. The van der Waals surface area contributed by atoms with E-state index in [2.05, 4.69) is 0 Å². The number of fused-ring (bicyclic) bond motifs is 1. The van der Waals surface area contributed by atoms with Gasteiger partial charge in [0.2, 0.25) is 5.54 Å². The molecule has 27 heavy (non-hydrogen) atoms. The molecule has 1 saturated carbocycles. The van der Waals surface area contributed by atoms with Crippen LogP contribution in [0.3, 0.4) is 0 Å². The predicted octanol–water partition coefficient (Wildman–Crippen LogP) is 2.35. The minimum Gasteiger partial charge on any atom is -0.460 e. The molecule has 1 aliphatic carbocycles. The molecule has 2 aliphatic rings. The van der Waals surface area contributed by atoms with Gasteiger partial charge < -0.3 is 10.1 Å². The van der Waals surface area contributed by atoms with E-state index in [4.69, 9.17) is 16.3 Å². The molecule has 1 aliphatic heterocycles. The number of hydrogen-bond acceptors (Lipinski definition) is 5. The lowest BCUT2D eigenvalue weighted by Crippen LogP contribution is -2.67. The van der Waals surface area contributed by atoms with Crippen LogP contribution in [-0.2, 0) is 19.6 Å². The highest BCUT2D eigenvalue weighted by Crippen LogP contribution is 2.50. The molecule has 2 amide bonds. The largest absolute Gasteiger partial charge is 0.460 e. The number of nitrogens with one attached hydrogen (secondary N) is 2. The van der Waals surface area contributed by atoms with Crippen LogP contribution >= 0.6 is 11.6 Å². The first-order chi connectivity index (χ1) is 12.5. The molecular weight excluding hydrogens is 413 g/mol. The highest BCUT2D eigenvalue weighted by atomic mass is 35.5. The summed E-state index contributed by atoms with van der Waals surface area (Å²) in [6, 6.07) is 3.38. The van der Waals surface area contributed by atoms with E-state index in [0.717, 1.165) is 6.07 Å². The van der Waals surface area contributed by atoms with Gasteiger partial charge in [0, 0.05) is 5.92 Å². The Balaban J connectivity index is 1.89. The molecule has 2 fully saturated rings. The van der Waals surface area contributed by atoms with Crippen LogP contribution in [0.1, 0.15) is 19.3 Å². The molecule has 3 rings (SSSR count). The van der Waals surface area contributed by atoms with Crippen molar-refractivity contribution in [2.75, 3.05) is 0 Å². The summed E-state index contributed by atoms with van der Waals surface area (Å²) in [6.07, 6.45) is -5.50. The van der Waals surface area contributed by atoms with E-state index < -0.39 is 50.7 Å². The van der Waals surface area contributed by atoms with E-state index in [9.17, 15) is 31.2 Å². The Bertz CT molecular complexity index is 892. The van der Waals surface area contributed by atoms with Gasteiger partial charge in [0.15, 0.2) is 0 Å². The van der Waals surface area contributed by atoms with Crippen molar-refractivity contribution in [2.24, 2.45) is 5.92 Å². The zero-order chi connectivity index (χ0) is 20.0. The fraction of sp³-hybridized carbons (Fsp3) is 0.467. The van der Waals surface area contributed by atoms with Crippen LogP contribution in [0.5, 0.6) is 0 Å². The fourth-order valence-electron chi connectivity index (χ4n) is 3.53. The van der Waals surface area contributed by atoms with Gasteiger partial charge in [-0.25, -0.2) is 22.7 Å². The molecule has 1 saturated heterocycles. The monoisotopic (exact) mass is 426 g/mol. The van der Waals surface area contributed by atoms with E-state index in [1.54, 1.807) is 0 Å². The third kappa shape index (κ3) is 3.22. The molecule has 0 aromatic heterocycles. The normalized spacial score (nSPS) is 27.8. The first-order valence-electron chi connectivity index (χ1n) is 7.86. The topological polar surface area (TPSA) is 102 Å². The van der Waals surface area contributed by atoms with Gasteiger partial charge in [0.1, 0.15) is 11.0 Å². The molecule has 148 valence electrons. The van der Waals surface area contributed by atoms with Gasteiger partial charge in [-0.2, -0.15) is 13.2 Å². The van der Waals surface area contributed by atoms with Crippen molar-refractivity contribution in [1.82, 2.24) is 10.0 Å². The molecule has 12 heteroatoms. The number of halogens is 4. The molecule has 1 aromatic rings. The van der Waals surface area contributed by atoms with Crippen LogP contribution in [0, 0.1) is 5.92 Å². The van der Waals surface area contributed by atoms with Crippen molar-refractivity contribution >= 4 is 33.6 Å². The third-order valence-corrected chi connectivity index (χ3v) is 6.53. The van der Waals surface area contributed by atoms with Crippen molar-refractivity contribution in [3.8, 4) is 0 Å². The standard InChI is InChI=1S/C15H14ClF3N2O5S/c16-9-5-1-2-7-11(9)27(24,25)21-13(23)20-14(15(17,18)19)8-4-3-6-10(8)26-12(14)22/h1-2,5,7-8,10H,3-4,6H2,(H2,20,21,23)/t8-,10+,14+/m1/s1. The first-order valence-corrected chi connectivity index (χ1v) is 9.72. The molecule has 0 unspecified atom stereocenters. The molecular formula is C15H14ClF3N2O5S. The zero-order valence-electron chi connectivity index (χ0n) is 13.5. The summed E-state index contributed by atoms with van der Waals surface area (Å²) < 4.78 is 72.1. The number of carbonyl (C=O) groups excluding carboxylic acids is 2. The number of hydrogen-bond donors (Lipinski definition) is 2. The van der Waals surface area contributed by atoms with E-state index >= 15 is 0 Å². The number of benzene rings is 1. The first kappa shape index (κ1) is 19.7. The Kier molecular flexibility index (Phi) is 4.79. The minimum absolute atomic E-state index is 0.00740. The van der Waals surface area contributed by atoms with Crippen LogP contribution in [0.15, 0.2) is 29.2 Å². The molecule has 7 nitrogen and oxygen atoms in total. The maximum Gasteiger partial charge on any atom is 0.422 e. The highest BCUT2D eigenvalue weighted by molar-refractivity contribution is 7.90. The van der Waals surface area contributed by atoms with Crippen molar-refractivity contribution in [3.63, 3.8) is 0 Å². The summed E-state index contributed by atoms with van der Waals surface area (Å²) in [4.78, 5) is 23.7. The maximum atomic E-state index is 13.8. The molecule has 2 N–H and O–H groups in total. The quantitative estimate of drug-likeness (QED) is 0.722. The second-order valence-corrected chi connectivity index (χ2v) is 8.33. The summed E-state index contributed by atoms with van der Waals surface area (Å²) >= 11 is 5.75. The Morgan fingerprint density at radius 2 is 1.93 bits per heavy atom. The van der Waals surface area contributed by atoms with E-state index in [0.29, 0.717) is 6.42 Å². The van der Waals surface area contributed by atoms with Gasteiger partial charge in [-0.05, 0) is 31.4 Å². The number of amides is 2. The van der Waals surface area contributed by atoms with Gasteiger partial charge in [-0.3, -0.25) is 0 Å². The van der Waals surface area contributed by atoms with Crippen LogP contribution in [0.25, 0.3) is 0 Å². The van der Waals surface area contributed by atoms with Gasteiger partial charge >= 0.3 is 18.2 Å². The molecule has 3 atom stereocenters. The summed E-state index contributed by atoms with van der Waals surface area (Å²) in [6.45, 7) is 0. The van der Waals surface area contributed by atoms with Crippen LogP contribution in [0.2, 0.25) is 5.02 Å². The smallest absolute Gasteiger partial charge is 0.422 e. The maximum absolute atomic E-state index is 13.8. The summed E-state index contributed by atoms with van der Waals surface area (Å²) in [7, 11) is -4.56. The number of sulfonamides is 1. The van der Waals surface area contributed by atoms with Crippen LogP contribution in [-0.4, -0.2) is 38.2 Å². The number of urea groups is 1. The van der Waals surface area contributed by atoms with Gasteiger partial charge in [0.25, 0.3) is 10.0 Å². The van der Waals surface area contributed by atoms with Crippen molar-refractivity contribution < 1.29 is 35.9 Å². The highest BCUT2D eigenvalue weighted by Gasteiger charge is 2.73. The third-order valence-electron chi connectivity index (χ3n) is 4.70. The average molecular weight is 427 g/mol. The lowest BCUT2D eigenvalue weighted by Gasteiger charge is -2.33. The van der Waals surface area contributed by atoms with Crippen molar-refractivity contribution in [2.45, 2.75) is 42.0 Å². The van der Waals surface area contributed by atoms with E-state index in [1.807, 2.05) is 0 Å². The Hall–Kier alpha value is -2.01. The number of esters is 1. The van der Waals surface area contributed by atoms with E-state index in [-0.39, 0.29) is 17.9 Å². The Morgan fingerprint density at radius 3 is 2.56 bits per heavy atom. The van der Waals surface area contributed by atoms with Crippen molar-refractivity contribution in [1.29, 1.82) is 0 Å². The summed E-state index contributed by atoms with van der Waals surface area (Å²) in [5.74, 6) is -2.96. The van der Waals surface area contributed by atoms with Gasteiger partial charge in [0.05, 0.1) is 5.02 Å². The van der Waals surface area contributed by atoms with E-state index in [1.165, 1.54) is 28.2 Å². The summed E-state index contributed by atoms with van der Waals surface area (Å²) in [5, 5.41) is 1.30. The second-order valence-electron chi connectivity index (χ2n) is 6.28. The SMILES string of the molecule is O=C(N[C@]1(C(F)(F)F)C(=O)O[C@H]2CCC[C@H]21)NS(=O)(=O)c1ccccc1Cl. The molecule has 1 aromatic carbocycles. The van der Waals surface area contributed by atoms with Crippen molar-refractivity contribution in [3.05, 3.63) is 29.3 Å². The number of carbonyl (C=O) groups is 2. The predicted molar refractivity (Wildman–Crippen MR) is 86.3 cm³/mol. The van der Waals surface area contributed by atoms with Crippen LogP contribution < -0.4 is 10.0 Å². The van der Waals surface area contributed by atoms with Crippen LogP contribution in [0.4, 0.5) is 18.0 Å². The van der Waals surface area contributed by atoms with Gasteiger partial charge in [-0.15, -0.1) is 0 Å². The molecule has 0 spiro atoms. The minimum atomic E-state index is -5.17. The zero-order valence-corrected chi connectivity index (χ0v) is 15.1. The number of alkyl halides is 3. The molecule has 0 bridgehead atoms. The summed E-state index contributed by atoms with van der Waals surface area (Å²) in [5.41, 5.74) is -3.30. The fourth-order valence-corrected chi connectivity index (χ4v) is 4.96. The average Bonchev–Trinajstić information content (AvgIpc) is 3.08. The Labute approximate surface area is 157 Å². The lowest BCUT2D eigenvalue weighted by molar-refractivity contribution is -0.206. The van der Waals surface area contributed by atoms with Gasteiger partial charge in [-0.1, -0.05) is 23.7 Å². The molecule has 1 heterocycles. The molecule has 0 radical (unpaired) electrons. The lowest BCUT2D eigenvalue weighted by atomic mass is 9.83. The Morgan fingerprint density at radius 1 is 1.26 bits per heavy atom.